The molecule has 4 heteroatoms. The average Bonchev–Trinajstić information content (AvgIpc) is 2.49. The number of hydrogen-bond donors (Lipinski definition) is 1. The first-order valence-corrected chi connectivity index (χ1v) is 5.82. The number of aryl methyl sites for hydroxylation is 2. The van der Waals surface area contributed by atoms with Crippen LogP contribution in [0, 0.1) is 19.3 Å². The van der Waals surface area contributed by atoms with E-state index in [2.05, 4.69) is 23.3 Å². The number of hydrogen-bond acceptors (Lipinski definition) is 2. The lowest BCUT2D eigenvalue weighted by Crippen LogP contribution is -2.28. The van der Waals surface area contributed by atoms with E-state index in [1.165, 1.54) is 0 Å². The quantitative estimate of drug-likeness (QED) is 0.799. The van der Waals surface area contributed by atoms with Gasteiger partial charge in [0.25, 0.3) is 0 Å². The highest BCUT2D eigenvalue weighted by molar-refractivity contribution is 6.31. The maximum absolute atomic E-state index is 6.15. The van der Waals surface area contributed by atoms with E-state index in [0.717, 1.165) is 29.3 Å². The number of aromatic nitrogens is 2. The van der Waals surface area contributed by atoms with E-state index in [9.17, 15) is 0 Å². The van der Waals surface area contributed by atoms with Crippen molar-refractivity contribution in [2.45, 2.75) is 39.3 Å². The first-order valence-electron chi connectivity index (χ1n) is 5.45. The molecule has 0 aliphatic heterocycles. The summed E-state index contributed by atoms with van der Waals surface area (Å²) < 4.78 is 1.81. The molecule has 1 aromatic rings. The minimum absolute atomic E-state index is 0.344. The molecular formula is C12H18ClN3. The molecule has 0 aromatic carbocycles. The molecule has 0 saturated carbocycles. The molecule has 0 bridgehead atoms. The molecule has 1 unspecified atom stereocenters. The van der Waals surface area contributed by atoms with Gasteiger partial charge in [0.2, 0.25) is 0 Å². The second-order valence-corrected chi connectivity index (χ2v) is 4.24. The normalized spacial score (nSPS) is 12.4. The van der Waals surface area contributed by atoms with E-state index in [-0.39, 0.29) is 0 Å². The Balaban J connectivity index is 2.64. The van der Waals surface area contributed by atoms with Gasteiger partial charge in [0.1, 0.15) is 0 Å². The predicted molar refractivity (Wildman–Crippen MR) is 67.3 cm³/mol. The Hall–Kier alpha value is -0.980. The van der Waals surface area contributed by atoms with Gasteiger partial charge < -0.3 is 5.32 Å². The van der Waals surface area contributed by atoms with Crippen molar-refractivity contribution in [1.29, 1.82) is 0 Å². The number of nitrogens with one attached hydrogen (secondary N) is 1. The monoisotopic (exact) mass is 239 g/mol. The Labute approximate surface area is 102 Å². The van der Waals surface area contributed by atoms with E-state index in [0.29, 0.717) is 12.6 Å². The lowest BCUT2D eigenvalue weighted by molar-refractivity contribution is 0.492. The Morgan fingerprint density at radius 2 is 2.31 bits per heavy atom. The summed E-state index contributed by atoms with van der Waals surface area (Å²) in [7, 11) is 1.90. The molecule has 0 radical (unpaired) electrons. The van der Waals surface area contributed by atoms with Crippen molar-refractivity contribution in [3.8, 4) is 12.3 Å². The summed E-state index contributed by atoms with van der Waals surface area (Å²) in [4.78, 5) is 0. The van der Waals surface area contributed by atoms with Crippen molar-refractivity contribution >= 4 is 11.6 Å². The first-order chi connectivity index (χ1) is 7.60. The predicted octanol–water partition coefficient (Wildman–Crippen LogP) is 2.27. The highest BCUT2D eigenvalue weighted by Gasteiger charge is 2.12. The van der Waals surface area contributed by atoms with Gasteiger partial charge in [-0.3, -0.25) is 4.68 Å². The van der Waals surface area contributed by atoms with E-state index in [1.54, 1.807) is 0 Å². The molecule has 88 valence electrons. The number of terminal acetylenes is 1. The largest absolute Gasteiger partial charge is 0.307 e. The van der Waals surface area contributed by atoms with Crippen LogP contribution in [0.2, 0.25) is 5.02 Å². The maximum atomic E-state index is 6.15. The number of halogens is 1. The Morgan fingerprint density at radius 3 is 2.75 bits per heavy atom. The van der Waals surface area contributed by atoms with Gasteiger partial charge in [-0.15, -0.1) is 12.3 Å². The van der Waals surface area contributed by atoms with Crippen molar-refractivity contribution in [2.75, 3.05) is 0 Å². The van der Waals surface area contributed by atoms with E-state index < -0.39 is 0 Å². The van der Waals surface area contributed by atoms with Crippen LogP contribution >= 0.6 is 11.6 Å². The Bertz CT molecular complexity index is 390. The van der Waals surface area contributed by atoms with Gasteiger partial charge >= 0.3 is 0 Å². The van der Waals surface area contributed by atoms with Crippen molar-refractivity contribution in [2.24, 2.45) is 7.05 Å². The van der Waals surface area contributed by atoms with Crippen LogP contribution < -0.4 is 5.32 Å². The van der Waals surface area contributed by atoms with Crippen LogP contribution in [0.3, 0.4) is 0 Å². The Kier molecular flexibility index (Phi) is 4.85. The maximum Gasteiger partial charge on any atom is 0.0860 e. The molecule has 1 rings (SSSR count). The molecular weight excluding hydrogens is 222 g/mol. The highest BCUT2D eigenvalue weighted by atomic mass is 35.5. The molecule has 1 N–H and O–H groups in total. The van der Waals surface area contributed by atoms with Crippen LogP contribution in [-0.4, -0.2) is 15.8 Å². The fourth-order valence-corrected chi connectivity index (χ4v) is 1.84. The second kappa shape index (κ2) is 5.93. The third-order valence-electron chi connectivity index (χ3n) is 2.68. The smallest absolute Gasteiger partial charge is 0.0860 e. The zero-order valence-corrected chi connectivity index (χ0v) is 10.8. The molecule has 0 fully saturated rings. The SMILES string of the molecule is C#CCC(CC)NCc1c(Cl)c(C)nn1C. The van der Waals surface area contributed by atoms with Crippen LogP contribution in [0.15, 0.2) is 0 Å². The fraction of sp³-hybridized carbons (Fsp3) is 0.583. The molecule has 0 aliphatic carbocycles. The van der Waals surface area contributed by atoms with Crippen LogP contribution in [0.4, 0.5) is 0 Å². The number of nitrogens with zero attached hydrogens (tertiary/aromatic N) is 2. The summed E-state index contributed by atoms with van der Waals surface area (Å²) >= 11 is 6.15. The van der Waals surface area contributed by atoms with Gasteiger partial charge in [0.15, 0.2) is 0 Å². The summed E-state index contributed by atoms with van der Waals surface area (Å²) in [6.45, 7) is 4.73. The molecule has 0 saturated heterocycles. The van der Waals surface area contributed by atoms with Gasteiger partial charge in [0.05, 0.1) is 16.4 Å². The summed E-state index contributed by atoms with van der Waals surface area (Å²) in [6.07, 6.45) is 7.06. The van der Waals surface area contributed by atoms with Crippen LogP contribution in [-0.2, 0) is 13.6 Å². The second-order valence-electron chi connectivity index (χ2n) is 3.86. The topological polar surface area (TPSA) is 29.9 Å². The van der Waals surface area contributed by atoms with Crippen LogP contribution in [0.5, 0.6) is 0 Å². The van der Waals surface area contributed by atoms with E-state index in [4.69, 9.17) is 18.0 Å². The van der Waals surface area contributed by atoms with Crippen LogP contribution in [0.25, 0.3) is 0 Å². The molecule has 1 atom stereocenters. The minimum atomic E-state index is 0.344. The van der Waals surface area contributed by atoms with Gasteiger partial charge in [-0.2, -0.15) is 5.10 Å². The molecule has 1 aromatic heterocycles. The summed E-state index contributed by atoms with van der Waals surface area (Å²) in [5.41, 5.74) is 1.88. The van der Waals surface area contributed by atoms with Gasteiger partial charge in [-0.05, 0) is 13.3 Å². The lowest BCUT2D eigenvalue weighted by Gasteiger charge is -2.14. The van der Waals surface area contributed by atoms with Crippen LogP contribution in [0.1, 0.15) is 31.2 Å². The molecule has 3 nitrogen and oxygen atoms in total. The van der Waals surface area contributed by atoms with Crippen molar-refractivity contribution in [3.63, 3.8) is 0 Å². The molecule has 1 heterocycles. The zero-order valence-electron chi connectivity index (χ0n) is 10.0. The van der Waals surface area contributed by atoms with Crippen molar-refractivity contribution in [1.82, 2.24) is 15.1 Å². The van der Waals surface area contributed by atoms with E-state index in [1.807, 2.05) is 18.7 Å². The average molecular weight is 240 g/mol. The van der Waals surface area contributed by atoms with Crippen molar-refractivity contribution < 1.29 is 0 Å². The third-order valence-corrected chi connectivity index (χ3v) is 3.17. The number of rotatable bonds is 5. The molecule has 0 spiro atoms. The lowest BCUT2D eigenvalue weighted by atomic mass is 10.1. The first kappa shape index (κ1) is 13.1. The van der Waals surface area contributed by atoms with Crippen molar-refractivity contribution in [3.05, 3.63) is 16.4 Å². The molecule has 0 aliphatic rings. The van der Waals surface area contributed by atoms with Gasteiger partial charge in [-0.1, -0.05) is 18.5 Å². The standard InChI is InChI=1S/C12H18ClN3/c1-5-7-10(6-2)14-8-11-12(13)9(3)15-16(11)4/h1,10,14H,6-8H2,2-4H3. The van der Waals surface area contributed by atoms with Gasteiger partial charge in [0, 0.05) is 26.1 Å². The zero-order chi connectivity index (χ0) is 12.1. The minimum Gasteiger partial charge on any atom is -0.307 e. The fourth-order valence-electron chi connectivity index (χ4n) is 1.62. The highest BCUT2D eigenvalue weighted by Crippen LogP contribution is 2.19. The third kappa shape index (κ3) is 3.01. The summed E-state index contributed by atoms with van der Waals surface area (Å²) in [6, 6.07) is 0.344. The summed E-state index contributed by atoms with van der Waals surface area (Å²) in [5.74, 6) is 2.67. The van der Waals surface area contributed by atoms with Gasteiger partial charge in [-0.25, -0.2) is 0 Å². The molecule has 0 amide bonds. The molecule has 16 heavy (non-hydrogen) atoms. The Morgan fingerprint density at radius 1 is 1.62 bits per heavy atom. The summed E-state index contributed by atoms with van der Waals surface area (Å²) in [5, 5.41) is 8.40. The van der Waals surface area contributed by atoms with E-state index >= 15 is 0 Å².